The fourth-order valence-electron chi connectivity index (χ4n) is 5.23. The standard InChI is InChI=1S/C26H29N5O4/c1-34-24(33)22-17-23(32)31(35-19-20-7-3-2-4-8-20)26(22)10-15-29(16-11-26)18-21-9-5-14-30(21)25-27-12-6-13-28-25/h2-9,12-14,22H,10-11,15-19H2,1H3. The van der Waals surface area contributed by atoms with Crippen LogP contribution >= 0.6 is 0 Å². The summed E-state index contributed by atoms with van der Waals surface area (Å²) in [5.74, 6) is -0.430. The van der Waals surface area contributed by atoms with E-state index in [1.807, 2.05) is 47.2 Å². The number of hydroxylamine groups is 2. The lowest BCUT2D eigenvalue weighted by Gasteiger charge is -2.45. The van der Waals surface area contributed by atoms with Crippen molar-refractivity contribution in [1.82, 2.24) is 24.5 Å². The van der Waals surface area contributed by atoms with E-state index in [9.17, 15) is 9.59 Å². The Morgan fingerprint density at radius 2 is 1.80 bits per heavy atom. The molecule has 1 amide bonds. The minimum Gasteiger partial charge on any atom is -0.469 e. The van der Waals surface area contributed by atoms with Gasteiger partial charge in [-0.1, -0.05) is 30.3 Å². The molecule has 9 nitrogen and oxygen atoms in total. The molecule has 3 aromatic rings. The minimum absolute atomic E-state index is 0.107. The highest BCUT2D eigenvalue weighted by Gasteiger charge is 2.58. The first-order valence-corrected chi connectivity index (χ1v) is 11.8. The number of likely N-dealkylation sites (tertiary alicyclic amines) is 1. The molecule has 182 valence electrons. The summed E-state index contributed by atoms with van der Waals surface area (Å²) in [7, 11) is 1.38. The summed E-state index contributed by atoms with van der Waals surface area (Å²) in [6, 6.07) is 15.6. The van der Waals surface area contributed by atoms with E-state index in [4.69, 9.17) is 9.57 Å². The average molecular weight is 476 g/mol. The zero-order chi connectivity index (χ0) is 24.3. The predicted octanol–water partition coefficient (Wildman–Crippen LogP) is 2.76. The molecule has 2 aliphatic rings. The van der Waals surface area contributed by atoms with Crippen molar-refractivity contribution in [2.75, 3.05) is 20.2 Å². The Bertz CT molecular complexity index is 1160. The highest BCUT2D eigenvalue weighted by molar-refractivity contribution is 5.88. The largest absolute Gasteiger partial charge is 0.469 e. The number of nitrogens with zero attached hydrogens (tertiary/aromatic N) is 5. The second-order valence-corrected chi connectivity index (χ2v) is 9.03. The first kappa shape index (κ1) is 23.2. The number of hydrogen-bond acceptors (Lipinski definition) is 7. The molecule has 4 heterocycles. The summed E-state index contributed by atoms with van der Waals surface area (Å²) in [5.41, 5.74) is 1.34. The second-order valence-electron chi connectivity index (χ2n) is 9.03. The smallest absolute Gasteiger partial charge is 0.311 e. The molecule has 1 aromatic carbocycles. The van der Waals surface area contributed by atoms with Gasteiger partial charge in [0.1, 0.15) is 6.61 Å². The van der Waals surface area contributed by atoms with Crippen LogP contribution in [-0.2, 0) is 32.3 Å². The summed E-state index contributed by atoms with van der Waals surface area (Å²) in [4.78, 5) is 42.8. The molecular weight excluding hydrogens is 446 g/mol. The Kier molecular flexibility index (Phi) is 6.61. The number of carbonyl (C=O) groups excluding carboxylic acids is 2. The van der Waals surface area contributed by atoms with E-state index in [2.05, 4.69) is 20.9 Å². The first-order chi connectivity index (χ1) is 17.1. The van der Waals surface area contributed by atoms with Crippen LogP contribution in [0.3, 0.4) is 0 Å². The molecule has 5 rings (SSSR count). The topological polar surface area (TPSA) is 89.8 Å². The van der Waals surface area contributed by atoms with Gasteiger partial charge in [-0.05, 0) is 36.6 Å². The van der Waals surface area contributed by atoms with Crippen molar-refractivity contribution in [2.24, 2.45) is 5.92 Å². The number of hydrogen-bond donors (Lipinski definition) is 0. The molecule has 1 atom stereocenters. The molecule has 1 spiro atoms. The van der Waals surface area contributed by atoms with Crippen molar-refractivity contribution in [1.29, 1.82) is 0 Å². The molecule has 0 saturated carbocycles. The van der Waals surface area contributed by atoms with Gasteiger partial charge in [0.25, 0.3) is 0 Å². The van der Waals surface area contributed by atoms with E-state index in [1.165, 1.54) is 12.2 Å². The quantitative estimate of drug-likeness (QED) is 0.486. The molecular formula is C26H29N5O4. The van der Waals surface area contributed by atoms with Gasteiger partial charge in [-0.3, -0.25) is 23.9 Å². The lowest BCUT2D eigenvalue weighted by Crippen LogP contribution is -2.57. The Morgan fingerprint density at radius 1 is 1.06 bits per heavy atom. The van der Waals surface area contributed by atoms with Crippen LogP contribution < -0.4 is 0 Å². The average Bonchev–Trinajstić information content (AvgIpc) is 3.47. The molecule has 0 bridgehead atoms. The molecule has 2 aromatic heterocycles. The van der Waals surface area contributed by atoms with Gasteiger partial charge < -0.3 is 4.74 Å². The molecule has 2 fully saturated rings. The molecule has 2 aliphatic heterocycles. The van der Waals surface area contributed by atoms with Crippen molar-refractivity contribution >= 4 is 11.9 Å². The van der Waals surface area contributed by atoms with Crippen LogP contribution in [0.4, 0.5) is 0 Å². The summed E-state index contributed by atoms with van der Waals surface area (Å²) in [6.07, 6.45) is 6.76. The summed E-state index contributed by atoms with van der Waals surface area (Å²) >= 11 is 0. The number of aromatic nitrogens is 3. The highest BCUT2D eigenvalue weighted by Crippen LogP contribution is 2.44. The fourth-order valence-corrected chi connectivity index (χ4v) is 5.23. The monoisotopic (exact) mass is 475 g/mol. The lowest BCUT2D eigenvalue weighted by molar-refractivity contribution is -0.229. The zero-order valence-electron chi connectivity index (χ0n) is 19.7. The predicted molar refractivity (Wildman–Crippen MR) is 127 cm³/mol. The van der Waals surface area contributed by atoms with Crippen LogP contribution in [0.5, 0.6) is 0 Å². The molecule has 9 heteroatoms. The summed E-state index contributed by atoms with van der Waals surface area (Å²) in [5, 5.41) is 1.49. The van der Waals surface area contributed by atoms with E-state index in [0.717, 1.165) is 11.3 Å². The van der Waals surface area contributed by atoms with Crippen molar-refractivity contribution < 1.29 is 19.2 Å². The van der Waals surface area contributed by atoms with Crippen LogP contribution in [0.1, 0.15) is 30.5 Å². The highest BCUT2D eigenvalue weighted by atomic mass is 16.7. The SMILES string of the molecule is COC(=O)C1CC(=O)N(OCc2ccccc2)C12CCN(Cc1cccn1-c1ncccn1)CC2. The third kappa shape index (κ3) is 4.56. The number of amides is 1. The van der Waals surface area contributed by atoms with E-state index in [1.54, 1.807) is 18.5 Å². The number of methoxy groups -OCH3 is 1. The molecule has 0 N–H and O–H groups in total. The molecule has 1 unspecified atom stereocenters. The van der Waals surface area contributed by atoms with Crippen molar-refractivity contribution in [2.45, 2.75) is 38.0 Å². The third-order valence-electron chi connectivity index (χ3n) is 7.06. The molecule has 0 aliphatic carbocycles. The number of benzene rings is 1. The summed E-state index contributed by atoms with van der Waals surface area (Å²) in [6.45, 7) is 2.42. The van der Waals surface area contributed by atoms with Crippen molar-refractivity contribution in [3.05, 3.63) is 78.4 Å². The zero-order valence-corrected chi connectivity index (χ0v) is 19.7. The Labute approximate surface area is 204 Å². The lowest BCUT2D eigenvalue weighted by atomic mass is 9.77. The van der Waals surface area contributed by atoms with Crippen molar-refractivity contribution in [3.63, 3.8) is 0 Å². The number of carbonyl (C=O) groups is 2. The maximum absolute atomic E-state index is 13.0. The van der Waals surface area contributed by atoms with E-state index in [0.29, 0.717) is 38.4 Å². The molecule has 35 heavy (non-hydrogen) atoms. The van der Waals surface area contributed by atoms with Crippen LogP contribution in [-0.4, -0.2) is 62.1 Å². The molecule has 2 saturated heterocycles. The van der Waals surface area contributed by atoms with E-state index < -0.39 is 11.5 Å². The first-order valence-electron chi connectivity index (χ1n) is 11.8. The number of esters is 1. The normalized spacial score (nSPS) is 19.9. The number of ether oxygens (including phenoxy) is 1. The third-order valence-corrected chi connectivity index (χ3v) is 7.06. The van der Waals surface area contributed by atoms with Gasteiger partial charge >= 0.3 is 5.97 Å². The maximum atomic E-state index is 13.0. The Balaban J connectivity index is 1.32. The van der Waals surface area contributed by atoms with Crippen LogP contribution in [0.15, 0.2) is 67.1 Å². The Hall–Kier alpha value is -3.56. The van der Waals surface area contributed by atoms with Crippen LogP contribution in [0, 0.1) is 5.92 Å². The van der Waals surface area contributed by atoms with Gasteiger partial charge in [0.05, 0.1) is 18.6 Å². The van der Waals surface area contributed by atoms with E-state index >= 15 is 0 Å². The van der Waals surface area contributed by atoms with Crippen molar-refractivity contribution in [3.8, 4) is 5.95 Å². The number of piperidine rings is 1. The van der Waals surface area contributed by atoms with Crippen LogP contribution in [0.25, 0.3) is 5.95 Å². The number of rotatable bonds is 7. The fraction of sp³-hybridized carbons (Fsp3) is 0.385. The van der Waals surface area contributed by atoms with E-state index in [-0.39, 0.29) is 24.9 Å². The van der Waals surface area contributed by atoms with Gasteiger partial charge in [0.2, 0.25) is 11.9 Å². The van der Waals surface area contributed by atoms with Gasteiger partial charge in [-0.2, -0.15) is 0 Å². The van der Waals surface area contributed by atoms with Gasteiger partial charge in [-0.25, -0.2) is 15.0 Å². The minimum atomic E-state index is -0.708. The second kappa shape index (κ2) is 9.97. The maximum Gasteiger partial charge on any atom is 0.311 e. The van der Waals surface area contributed by atoms with Gasteiger partial charge in [0, 0.05) is 50.3 Å². The van der Waals surface area contributed by atoms with Gasteiger partial charge in [0.15, 0.2) is 0 Å². The summed E-state index contributed by atoms with van der Waals surface area (Å²) < 4.78 is 7.08. The Morgan fingerprint density at radius 3 is 2.51 bits per heavy atom. The van der Waals surface area contributed by atoms with Crippen LogP contribution in [0.2, 0.25) is 0 Å². The van der Waals surface area contributed by atoms with Gasteiger partial charge in [-0.15, -0.1) is 0 Å². The molecule has 0 radical (unpaired) electrons.